The molecule has 212 valence electrons. The Kier molecular flexibility index (Phi) is 11.3. The average Bonchev–Trinajstić information content (AvgIpc) is 2.94. The van der Waals surface area contributed by atoms with E-state index in [2.05, 4.69) is 20.9 Å². The van der Waals surface area contributed by atoms with Crippen LogP contribution in [0.5, 0.6) is 5.75 Å². The molecule has 1 aromatic heterocycles. The van der Waals surface area contributed by atoms with Crippen LogP contribution in [0, 0.1) is 5.92 Å². The lowest BCUT2D eigenvalue weighted by Crippen LogP contribution is -2.57. The summed E-state index contributed by atoms with van der Waals surface area (Å²) in [5, 5.41) is 9.26. The topological polar surface area (TPSA) is 113 Å². The molecule has 3 N–H and O–H groups in total. The number of rotatable bonds is 4. The molecule has 39 heavy (non-hydrogen) atoms. The van der Waals surface area contributed by atoms with Crippen LogP contribution < -0.4 is 20.7 Å². The summed E-state index contributed by atoms with van der Waals surface area (Å²) in [7, 11) is 1.64. The zero-order chi connectivity index (χ0) is 28.4. The molecule has 0 spiro atoms. The van der Waals surface area contributed by atoms with E-state index >= 15 is 0 Å². The number of aromatic nitrogens is 1. The largest absolute Gasteiger partial charge is 0.487 e. The van der Waals surface area contributed by atoms with E-state index in [9.17, 15) is 14.4 Å². The second-order valence-electron chi connectivity index (χ2n) is 10.4. The van der Waals surface area contributed by atoms with E-state index < -0.39 is 18.1 Å². The predicted molar refractivity (Wildman–Crippen MR) is 151 cm³/mol. The van der Waals surface area contributed by atoms with E-state index in [1.54, 1.807) is 20.2 Å². The van der Waals surface area contributed by atoms with Gasteiger partial charge >= 0.3 is 0 Å². The molecule has 5 atom stereocenters. The highest BCUT2D eigenvalue weighted by Gasteiger charge is 2.33. The van der Waals surface area contributed by atoms with Crippen molar-refractivity contribution < 1.29 is 19.1 Å². The molecule has 0 saturated carbocycles. The maximum Gasteiger partial charge on any atom is 0.243 e. The van der Waals surface area contributed by atoms with Crippen LogP contribution in [-0.2, 0) is 27.2 Å². The fourth-order valence-corrected chi connectivity index (χ4v) is 4.57. The quantitative estimate of drug-likeness (QED) is 0.553. The van der Waals surface area contributed by atoms with Crippen molar-refractivity contribution in [2.75, 3.05) is 20.1 Å². The number of hydrogen-bond acceptors (Lipinski definition) is 6. The molecular formula is C30H43N5O4. The standard InChI is InChI=1S/C30H43N5O4/c1-6-20(2)27-30(38)35(5)22(4)28(36)34-25(18-23-12-8-7-9-13-23)29(37)32-17-10-14-24-26(15-11-16-31-24)39-21(3)19-33-27/h7-9,11-13,15-16,20-22,25,27,33H,6,10,14,17-19H2,1-5H3,(H,32,37)(H,34,36)/t20?,21-,22-,25-,27+/m1/s1. The second kappa shape index (κ2) is 14.6. The van der Waals surface area contributed by atoms with E-state index in [1.807, 2.05) is 63.2 Å². The molecule has 2 heterocycles. The van der Waals surface area contributed by atoms with Crippen LogP contribution in [0.2, 0.25) is 0 Å². The predicted octanol–water partition coefficient (Wildman–Crippen LogP) is 2.49. The fourth-order valence-electron chi connectivity index (χ4n) is 4.57. The number of nitrogens with one attached hydrogen (secondary N) is 3. The molecule has 2 aromatic rings. The van der Waals surface area contributed by atoms with Crippen molar-refractivity contribution in [3.8, 4) is 5.75 Å². The van der Waals surface area contributed by atoms with Gasteiger partial charge in [0.1, 0.15) is 23.9 Å². The maximum atomic E-state index is 13.6. The first kappa shape index (κ1) is 30.1. The Morgan fingerprint density at radius 3 is 2.54 bits per heavy atom. The van der Waals surface area contributed by atoms with Gasteiger partial charge < -0.3 is 25.6 Å². The first-order valence-corrected chi connectivity index (χ1v) is 13.9. The smallest absolute Gasteiger partial charge is 0.243 e. The number of carbonyl (C=O) groups excluding carboxylic acids is 3. The zero-order valence-electron chi connectivity index (χ0n) is 23.8. The number of hydrogen-bond donors (Lipinski definition) is 3. The van der Waals surface area contributed by atoms with Gasteiger partial charge in [-0.1, -0.05) is 50.6 Å². The van der Waals surface area contributed by atoms with Crippen molar-refractivity contribution in [3.63, 3.8) is 0 Å². The van der Waals surface area contributed by atoms with Gasteiger partial charge in [-0.05, 0) is 50.3 Å². The van der Waals surface area contributed by atoms with Gasteiger partial charge in [0.2, 0.25) is 17.7 Å². The number of likely N-dealkylation sites (N-methyl/N-ethyl adjacent to an activating group) is 1. The summed E-state index contributed by atoms with van der Waals surface area (Å²) in [6.07, 6.45) is 3.95. The first-order chi connectivity index (χ1) is 18.7. The van der Waals surface area contributed by atoms with Crippen LogP contribution in [0.4, 0.5) is 0 Å². The number of nitrogens with zero attached hydrogens (tertiary/aromatic N) is 2. The maximum absolute atomic E-state index is 13.6. The van der Waals surface area contributed by atoms with Crippen LogP contribution in [0.3, 0.4) is 0 Å². The van der Waals surface area contributed by atoms with Gasteiger partial charge in [0.15, 0.2) is 0 Å². The number of ether oxygens (including phenoxy) is 1. The Morgan fingerprint density at radius 2 is 1.82 bits per heavy atom. The van der Waals surface area contributed by atoms with Crippen LogP contribution >= 0.6 is 0 Å². The molecule has 9 heteroatoms. The molecular weight excluding hydrogens is 494 g/mol. The van der Waals surface area contributed by atoms with Crippen molar-refractivity contribution in [3.05, 3.63) is 59.9 Å². The molecule has 0 aliphatic carbocycles. The van der Waals surface area contributed by atoms with Gasteiger partial charge in [-0.15, -0.1) is 0 Å². The molecule has 0 bridgehead atoms. The summed E-state index contributed by atoms with van der Waals surface area (Å²) in [5.41, 5.74) is 1.75. The molecule has 0 saturated heterocycles. The van der Waals surface area contributed by atoms with Crippen molar-refractivity contribution in [1.29, 1.82) is 0 Å². The van der Waals surface area contributed by atoms with Crippen LogP contribution in [-0.4, -0.2) is 72.0 Å². The molecule has 3 rings (SSSR count). The van der Waals surface area contributed by atoms with Crippen molar-refractivity contribution in [1.82, 2.24) is 25.8 Å². The lowest BCUT2D eigenvalue weighted by molar-refractivity contribution is -0.141. The minimum atomic E-state index is -0.775. The Hall–Kier alpha value is -3.46. The monoisotopic (exact) mass is 537 g/mol. The van der Waals surface area contributed by atoms with Crippen LogP contribution in [0.25, 0.3) is 0 Å². The Morgan fingerprint density at radius 1 is 1.08 bits per heavy atom. The third kappa shape index (κ3) is 8.51. The molecule has 0 fully saturated rings. The second-order valence-corrected chi connectivity index (χ2v) is 10.4. The number of fused-ring (bicyclic) bond motifs is 1. The van der Waals surface area contributed by atoms with Crippen LogP contribution in [0.1, 0.15) is 51.8 Å². The van der Waals surface area contributed by atoms with Crippen LogP contribution in [0.15, 0.2) is 48.7 Å². The third-order valence-corrected chi connectivity index (χ3v) is 7.39. The molecule has 0 radical (unpaired) electrons. The highest BCUT2D eigenvalue weighted by atomic mass is 16.5. The fraction of sp³-hybridized carbons (Fsp3) is 0.533. The molecule has 9 nitrogen and oxygen atoms in total. The van der Waals surface area contributed by atoms with Crippen molar-refractivity contribution in [2.45, 2.75) is 77.6 Å². The number of carbonyl (C=O) groups is 3. The third-order valence-electron chi connectivity index (χ3n) is 7.39. The summed E-state index contributed by atoms with van der Waals surface area (Å²) in [4.78, 5) is 46.1. The molecule has 1 aliphatic rings. The van der Waals surface area contributed by atoms with Gasteiger partial charge in [-0.2, -0.15) is 0 Å². The van der Waals surface area contributed by atoms with E-state index in [-0.39, 0.29) is 29.7 Å². The van der Waals surface area contributed by atoms with E-state index in [1.165, 1.54) is 4.90 Å². The number of amides is 3. The minimum Gasteiger partial charge on any atom is -0.487 e. The first-order valence-electron chi connectivity index (χ1n) is 13.9. The van der Waals surface area contributed by atoms with Gasteiger partial charge in [0.05, 0.1) is 11.7 Å². The van der Waals surface area contributed by atoms with Crippen molar-refractivity contribution >= 4 is 17.7 Å². The molecule has 1 aliphatic heterocycles. The SMILES string of the molecule is CCC(C)[C@@H]1NC[C@@H](C)Oc2cccnc2CCCNC(=O)[C@@H](Cc2ccccc2)NC(=O)[C@@H](C)N(C)C1=O. The van der Waals surface area contributed by atoms with E-state index in [0.717, 1.165) is 17.7 Å². The average molecular weight is 538 g/mol. The van der Waals surface area contributed by atoms with E-state index in [4.69, 9.17) is 4.74 Å². The van der Waals surface area contributed by atoms with E-state index in [0.29, 0.717) is 38.1 Å². The molecule has 1 unspecified atom stereocenters. The highest BCUT2D eigenvalue weighted by Crippen LogP contribution is 2.19. The van der Waals surface area contributed by atoms with Gasteiger partial charge in [-0.3, -0.25) is 19.4 Å². The lowest BCUT2D eigenvalue weighted by Gasteiger charge is -2.33. The Balaban J connectivity index is 1.88. The van der Waals surface area contributed by atoms with Gasteiger partial charge in [-0.25, -0.2) is 0 Å². The summed E-state index contributed by atoms with van der Waals surface area (Å²) in [6, 6.07) is 11.3. The summed E-state index contributed by atoms with van der Waals surface area (Å²) in [6.45, 7) is 8.58. The summed E-state index contributed by atoms with van der Waals surface area (Å²) >= 11 is 0. The Bertz CT molecular complexity index is 1100. The number of pyridine rings is 1. The minimum absolute atomic E-state index is 0.0403. The Labute approximate surface area is 232 Å². The summed E-state index contributed by atoms with van der Waals surface area (Å²) < 4.78 is 6.21. The lowest BCUT2D eigenvalue weighted by atomic mass is 9.97. The normalized spacial score (nSPS) is 24.8. The van der Waals surface area contributed by atoms with Gasteiger partial charge in [0, 0.05) is 32.8 Å². The summed E-state index contributed by atoms with van der Waals surface area (Å²) in [5.74, 6) is -0.0730. The number of benzene rings is 1. The molecule has 1 aromatic carbocycles. The van der Waals surface area contributed by atoms with Gasteiger partial charge in [0.25, 0.3) is 0 Å². The van der Waals surface area contributed by atoms with Crippen molar-refractivity contribution in [2.24, 2.45) is 5.92 Å². The highest BCUT2D eigenvalue weighted by molar-refractivity contribution is 5.93. The molecule has 3 amide bonds. The number of aryl methyl sites for hydroxylation is 1. The zero-order valence-corrected chi connectivity index (χ0v) is 23.8.